The number of hydrogen-bond donors (Lipinski definition) is 1. The summed E-state index contributed by atoms with van der Waals surface area (Å²) in [5.41, 5.74) is 1.02. The van der Waals surface area contributed by atoms with Gasteiger partial charge in [-0.2, -0.15) is 0 Å². The van der Waals surface area contributed by atoms with Gasteiger partial charge in [0.1, 0.15) is 5.82 Å². The molecule has 1 fully saturated rings. The number of hydrogen-bond acceptors (Lipinski definition) is 2. The summed E-state index contributed by atoms with van der Waals surface area (Å²) in [4.78, 5) is 14.4. The molecule has 1 atom stereocenters. The number of halogens is 1. The van der Waals surface area contributed by atoms with Crippen molar-refractivity contribution in [2.75, 3.05) is 19.6 Å². The van der Waals surface area contributed by atoms with Crippen LogP contribution in [-0.4, -0.2) is 36.5 Å². The maximum absolute atomic E-state index is 14.0. The first-order valence-electron chi connectivity index (χ1n) is 7.90. The summed E-state index contributed by atoms with van der Waals surface area (Å²) < 4.78 is 14.0. The summed E-state index contributed by atoms with van der Waals surface area (Å²) in [6.07, 6.45) is 4.37. The van der Waals surface area contributed by atoms with Gasteiger partial charge in [0.25, 0.3) is 5.91 Å². The Hall–Kier alpha value is -1.42. The number of amides is 1. The number of rotatable bonds is 5. The van der Waals surface area contributed by atoms with E-state index in [1.165, 1.54) is 18.9 Å². The lowest BCUT2D eigenvalue weighted by atomic mass is 10.0. The zero-order chi connectivity index (χ0) is 15.2. The van der Waals surface area contributed by atoms with Crippen LogP contribution >= 0.6 is 0 Å². The van der Waals surface area contributed by atoms with Gasteiger partial charge in [-0.15, -0.1) is 0 Å². The SMILES string of the molecule is CCCN(CC1CCCCN1)C(=O)c1ccc(C)cc1F. The third kappa shape index (κ3) is 4.27. The van der Waals surface area contributed by atoms with Gasteiger partial charge >= 0.3 is 0 Å². The van der Waals surface area contributed by atoms with Crippen molar-refractivity contribution in [3.05, 3.63) is 35.1 Å². The van der Waals surface area contributed by atoms with Crippen LogP contribution in [0.25, 0.3) is 0 Å². The van der Waals surface area contributed by atoms with Gasteiger partial charge in [-0.1, -0.05) is 19.4 Å². The van der Waals surface area contributed by atoms with E-state index in [0.717, 1.165) is 24.9 Å². The van der Waals surface area contributed by atoms with E-state index in [1.807, 2.05) is 13.8 Å². The highest BCUT2D eigenvalue weighted by atomic mass is 19.1. The molecule has 116 valence electrons. The van der Waals surface area contributed by atoms with Crippen molar-refractivity contribution >= 4 is 5.91 Å². The fourth-order valence-electron chi connectivity index (χ4n) is 2.86. The van der Waals surface area contributed by atoms with Crippen LogP contribution in [0.2, 0.25) is 0 Å². The zero-order valence-corrected chi connectivity index (χ0v) is 13.0. The van der Waals surface area contributed by atoms with E-state index < -0.39 is 5.82 Å². The number of carbonyl (C=O) groups excluding carboxylic acids is 1. The average Bonchev–Trinajstić information content (AvgIpc) is 2.47. The van der Waals surface area contributed by atoms with Gasteiger partial charge in [0, 0.05) is 19.1 Å². The van der Waals surface area contributed by atoms with Gasteiger partial charge in [0.15, 0.2) is 0 Å². The maximum Gasteiger partial charge on any atom is 0.256 e. The Morgan fingerprint density at radius 1 is 1.43 bits per heavy atom. The number of carbonyl (C=O) groups is 1. The highest BCUT2D eigenvalue weighted by Crippen LogP contribution is 2.15. The highest BCUT2D eigenvalue weighted by molar-refractivity contribution is 5.94. The van der Waals surface area contributed by atoms with Crippen LogP contribution in [0.5, 0.6) is 0 Å². The lowest BCUT2D eigenvalue weighted by Crippen LogP contribution is -2.46. The minimum absolute atomic E-state index is 0.185. The van der Waals surface area contributed by atoms with Gasteiger partial charge in [-0.05, 0) is 50.4 Å². The van der Waals surface area contributed by atoms with Crippen molar-refractivity contribution in [1.82, 2.24) is 10.2 Å². The first-order valence-corrected chi connectivity index (χ1v) is 7.90. The summed E-state index contributed by atoms with van der Waals surface area (Å²) in [7, 11) is 0. The molecule has 0 bridgehead atoms. The molecule has 0 aliphatic carbocycles. The summed E-state index contributed by atoms with van der Waals surface area (Å²) in [6.45, 7) is 6.22. The van der Waals surface area contributed by atoms with Crippen molar-refractivity contribution in [2.24, 2.45) is 0 Å². The minimum atomic E-state index is -0.419. The molecule has 3 nitrogen and oxygen atoms in total. The van der Waals surface area contributed by atoms with Crippen LogP contribution in [0.4, 0.5) is 4.39 Å². The quantitative estimate of drug-likeness (QED) is 0.904. The van der Waals surface area contributed by atoms with Crippen molar-refractivity contribution in [1.29, 1.82) is 0 Å². The number of nitrogens with one attached hydrogen (secondary N) is 1. The molecular formula is C17H25FN2O. The van der Waals surface area contributed by atoms with Crippen molar-refractivity contribution in [3.63, 3.8) is 0 Å². The normalized spacial score (nSPS) is 18.5. The summed E-state index contributed by atoms with van der Waals surface area (Å²) in [5, 5.41) is 3.45. The average molecular weight is 292 g/mol. The first kappa shape index (κ1) is 16.0. The van der Waals surface area contributed by atoms with Crippen LogP contribution in [-0.2, 0) is 0 Å². The van der Waals surface area contributed by atoms with Gasteiger partial charge in [0.2, 0.25) is 0 Å². The van der Waals surface area contributed by atoms with Crippen molar-refractivity contribution in [3.8, 4) is 0 Å². The van der Waals surface area contributed by atoms with Gasteiger partial charge in [-0.3, -0.25) is 4.79 Å². The van der Waals surface area contributed by atoms with Crippen LogP contribution < -0.4 is 5.32 Å². The van der Waals surface area contributed by atoms with E-state index in [2.05, 4.69) is 5.32 Å². The fourth-order valence-corrected chi connectivity index (χ4v) is 2.86. The Morgan fingerprint density at radius 2 is 2.24 bits per heavy atom. The molecule has 2 rings (SSSR count). The fraction of sp³-hybridized carbons (Fsp3) is 0.588. The molecule has 1 aromatic carbocycles. The van der Waals surface area contributed by atoms with Gasteiger partial charge < -0.3 is 10.2 Å². The van der Waals surface area contributed by atoms with Crippen LogP contribution in [0.3, 0.4) is 0 Å². The highest BCUT2D eigenvalue weighted by Gasteiger charge is 2.22. The first-order chi connectivity index (χ1) is 10.1. The number of benzene rings is 1. The summed E-state index contributed by atoms with van der Waals surface area (Å²) in [6, 6.07) is 5.15. The molecule has 4 heteroatoms. The Bertz CT molecular complexity index is 484. The zero-order valence-electron chi connectivity index (χ0n) is 13.0. The molecule has 1 aromatic rings. The second-order valence-electron chi connectivity index (χ2n) is 5.88. The van der Waals surface area contributed by atoms with E-state index in [1.54, 1.807) is 17.0 Å². The molecule has 1 aliphatic rings. The lowest BCUT2D eigenvalue weighted by Gasteiger charge is -2.30. The minimum Gasteiger partial charge on any atom is -0.337 e. The molecule has 0 spiro atoms. The topological polar surface area (TPSA) is 32.3 Å². The van der Waals surface area contributed by atoms with Crippen LogP contribution in [0, 0.1) is 12.7 Å². The second-order valence-corrected chi connectivity index (χ2v) is 5.88. The van der Waals surface area contributed by atoms with Crippen LogP contribution in [0.15, 0.2) is 18.2 Å². The van der Waals surface area contributed by atoms with E-state index >= 15 is 0 Å². The molecule has 1 aliphatic heterocycles. The molecular weight excluding hydrogens is 267 g/mol. The van der Waals surface area contributed by atoms with Crippen molar-refractivity contribution in [2.45, 2.75) is 45.6 Å². The molecule has 0 saturated carbocycles. The van der Waals surface area contributed by atoms with Crippen LogP contribution in [0.1, 0.15) is 48.5 Å². The molecule has 1 saturated heterocycles. The monoisotopic (exact) mass is 292 g/mol. The predicted octanol–water partition coefficient (Wildman–Crippen LogP) is 3.13. The molecule has 1 N–H and O–H groups in total. The predicted molar refractivity (Wildman–Crippen MR) is 83.0 cm³/mol. The smallest absolute Gasteiger partial charge is 0.256 e. The Morgan fingerprint density at radius 3 is 2.86 bits per heavy atom. The van der Waals surface area contributed by atoms with Gasteiger partial charge in [-0.25, -0.2) is 4.39 Å². The van der Waals surface area contributed by atoms with Crippen molar-refractivity contribution < 1.29 is 9.18 Å². The number of aryl methyl sites for hydroxylation is 1. The maximum atomic E-state index is 14.0. The van der Waals surface area contributed by atoms with E-state index in [4.69, 9.17) is 0 Å². The summed E-state index contributed by atoms with van der Waals surface area (Å²) >= 11 is 0. The van der Waals surface area contributed by atoms with E-state index in [-0.39, 0.29) is 11.5 Å². The lowest BCUT2D eigenvalue weighted by molar-refractivity contribution is 0.0727. The Balaban J connectivity index is 2.10. The molecule has 1 heterocycles. The molecule has 0 aromatic heterocycles. The molecule has 1 unspecified atom stereocenters. The standard InChI is InChI=1S/C17H25FN2O/c1-3-10-20(12-14-6-4-5-9-19-14)17(21)15-8-7-13(2)11-16(15)18/h7-8,11,14,19H,3-6,9-10,12H2,1-2H3. The second kappa shape index (κ2) is 7.55. The van der Waals surface area contributed by atoms with E-state index in [0.29, 0.717) is 19.1 Å². The third-order valence-corrected chi connectivity index (χ3v) is 3.99. The molecule has 1 amide bonds. The Labute approximate surface area is 126 Å². The van der Waals surface area contributed by atoms with E-state index in [9.17, 15) is 9.18 Å². The van der Waals surface area contributed by atoms with Gasteiger partial charge in [0.05, 0.1) is 5.56 Å². The number of piperidine rings is 1. The third-order valence-electron chi connectivity index (χ3n) is 3.99. The summed E-state index contributed by atoms with van der Waals surface area (Å²) in [5.74, 6) is -0.612. The molecule has 21 heavy (non-hydrogen) atoms. The number of nitrogens with zero attached hydrogens (tertiary/aromatic N) is 1. The largest absolute Gasteiger partial charge is 0.337 e. The Kier molecular flexibility index (Phi) is 5.74. The molecule has 0 radical (unpaired) electrons.